The number of carbonyl (C=O) groups is 1. The first kappa shape index (κ1) is 20.8. The van der Waals surface area contributed by atoms with E-state index in [0.717, 1.165) is 38.2 Å². The maximum atomic E-state index is 12.3. The number of hydrogen-bond acceptors (Lipinski definition) is 4. The van der Waals surface area contributed by atoms with Gasteiger partial charge in [-0.25, -0.2) is 0 Å². The van der Waals surface area contributed by atoms with E-state index in [2.05, 4.69) is 10.2 Å². The molecule has 1 heterocycles. The van der Waals surface area contributed by atoms with E-state index in [1.54, 1.807) is 31.4 Å². The predicted octanol–water partition coefficient (Wildman–Crippen LogP) is 4.28. The quantitative estimate of drug-likeness (QED) is 0.723. The van der Waals surface area contributed by atoms with Crippen molar-refractivity contribution in [1.29, 1.82) is 0 Å². The summed E-state index contributed by atoms with van der Waals surface area (Å²) in [6.45, 7) is 3.25. The normalized spacial score (nSPS) is 15.2. The molecule has 0 unspecified atom stereocenters. The number of para-hydroxylation sites is 1. The molecule has 0 aromatic heterocycles. The number of nitrogens with one attached hydrogen (secondary N) is 1. The number of rotatable bonds is 7. The summed E-state index contributed by atoms with van der Waals surface area (Å²) in [7, 11) is 1.57. The summed E-state index contributed by atoms with van der Waals surface area (Å²) in [6, 6.07) is 12.6. The molecule has 1 aliphatic rings. The fraction of sp³-hybridized carbons (Fsp3) is 0.381. The monoisotopic (exact) mass is 422 g/mol. The number of hydrogen-bond donors (Lipinski definition) is 1. The van der Waals surface area contributed by atoms with E-state index >= 15 is 0 Å². The molecule has 0 saturated carbocycles. The molecule has 1 N–H and O–H groups in total. The average molecular weight is 423 g/mol. The highest BCUT2D eigenvalue weighted by Crippen LogP contribution is 2.28. The highest BCUT2D eigenvalue weighted by atomic mass is 35.5. The summed E-state index contributed by atoms with van der Waals surface area (Å²) >= 11 is 12.0. The predicted molar refractivity (Wildman–Crippen MR) is 112 cm³/mol. The lowest BCUT2D eigenvalue weighted by Gasteiger charge is -2.32. The summed E-state index contributed by atoms with van der Waals surface area (Å²) in [5.41, 5.74) is 0.554. The van der Waals surface area contributed by atoms with Crippen molar-refractivity contribution in [3.8, 4) is 11.5 Å². The van der Waals surface area contributed by atoms with Crippen LogP contribution >= 0.6 is 23.2 Å². The van der Waals surface area contributed by atoms with E-state index in [1.807, 2.05) is 18.2 Å². The SMILES string of the molecule is COc1ccccc1C(=O)NCCN1CCC(Oc2ccc(Cl)c(Cl)c2)CC1. The van der Waals surface area contributed by atoms with Crippen molar-refractivity contribution in [3.63, 3.8) is 0 Å². The number of methoxy groups -OCH3 is 1. The Bertz CT molecular complexity index is 808. The Hall–Kier alpha value is -1.95. The first-order valence-electron chi connectivity index (χ1n) is 9.32. The summed E-state index contributed by atoms with van der Waals surface area (Å²) in [5, 5.41) is 3.99. The lowest BCUT2D eigenvalue weighted by Crippen LogP contribution is -2.42. The van der Waals surface area contributed by atoms with Crippen molar-refractivity contribution in [3.05, 3.63) is 58.1 Å². The van der Waals surface area contributed by atoms with Crippen molar-refractivity contribution in [2.45, 2.75) is 18.9 Å². The molecule has 7 heteroatoms. The van der Waals surface area contributed by atoms with Crippen LogP contribution < -0.4 is 14.8 Å². The minimum Gasteiger partial charge on any atom is -0.496 e. The molecule has 2 aromatic carbocycles. The Balaban J connectivity index is 1.39. The molecule has 0 bridgehead atoms. The molecule has 1 saturated heterocycles. The van der Waals surface area contributed by atoms with E-state index in [4.69, 9.17) is 32.7 Å². The van der Waals surface area contributed by atoms with Crippen LogP contribution in [0.4, 0.5) is 0 Å². The Morgan fingerprint density at radius 3 is 2.61 bits per heavy atom. The van der Waals surface area contributed by atoms with Crippen LogP contribution in [0.3, 0.4) is 0 Å². The number of benzene rings is 2. The van der Waals surface area contributed by atoms with E-state index in [0.29, 0.717) is 27.9 Å². The van der Waals surface area contributed by atoms with Crippen molar-refractivity contribution in [2.75, 3.05) is 33.3 Å². The van der Waals surface area contributed by atoms with Gasteiger partial charge in [0.15, 0.2) is 0 Å². The molecule has 28 heavy (non-hydrogen) atoms. The molecular formula is C21H24Cl2N2O3. The van der Waals surface area contributed by atoms with Gasteiger partial charge in [-0.3, -0.25) is 4.79 Å². The second kappa shape index (κ2) is 10.0. The third-order valence-corrected chi connectivity index (χ3v) is 5.53. The zero-order valence-electron chi connectivity index (χ0n) is 15.8. The average Bonchev–Trinajstić information content (AvgIpc) is 2.72. The Kier molecular flexibility index (Phi) is 7.43. The van der Waals surface area contributed by atoms with Gasteiger partial charge in [0.25, 0.3) is 5.91 Å². The number of ether oxygens (including phenoxy) is 2. The first-order valence-corrected chi connectivity index (χ1v) is 10.1. The summed E-state index contributed by atoms with van der Waals surface area (Å²) < 4.78 is 11.2. The van der Waals surface area contributed by atoms with Gasteiger partial charge in [0, 0.05) is 32.2 Å². The van der Waals surface area contributed by atoms with E-state index in [-0.39, 0.29) is 12.0 Å². The largest absolute Gasteiger partial charge is 0.496 e. The number of likely N-dealkylation sites (tertiary alicyclic amines) is 1. The van der Waals surface area contributed by atoms with Crippen molar-refractivity contribution in [2.24, 2.45) is 0 Å². The maximum Gasteiger partial charge on any atom is 0.255 e. The lowest BCUT2D eigenvalue weighted by molar-refractivity contribution is 0.0903. The third-order valence-electron chi connectivity index (χ3n) is 4.79. The fourth-order valence-electron chi connectivity index (χ4n) is 3.25. The van der Waals surface area contributed by atoms with Crippen LogP contribution in [0, 0.1) is 0 Å². The molecule has 0 spiro atoms. The summed E-state index contributed by atoms with van der Waals surface area (Å²) in [6.07, 6.45) is 2.03. The molecule has 5 nitrogen and oxygen atoms in total. The molecule has 1 fully saturated rings. The molecule has 1 amide bonds. The van der Waals surface area contributed by atoms with Crippen LogP contribution in [0.2, 0.25) is 10.0 Å². The zero-order valence-corrected chi connectivity index (χ0v) is 17.3. The molecule has 150 valence electrons. The summed E-state index contributed by atoms with van der Waals surface area (Å²) in [4.78, 5) is 14.7. The maximum absolute atomic E-state index is 12.3. The van der Waals surface area contributed by atoms with Gasteiger partial charge in [-0.15, -0.1) is 0 Å². The van der Waals surface area contributed by atoms with Gasteiger partial charge < -0.3 is 19.7 Å². The minimum absolute atomic E-state index is 0.115. The third kappa shape index (κ3) is 5.53. The Morgan fingerprint density at radius 2 is 1.89 bits per heavy atom. The van der Waals surface area contributed by atoms with Gasteiger partial charge in [0.1, 0.15) is 17.6 Å². The molecule has 1 aliphatic heterocycles. The van der Waals surface area contributed by atoms with Crippen LogP contribution in [-0.2, 0) is 0 Å². The van der Waals surface area contributed by atoms with Gasteiger partial charge in [-0.2, -0.15) is 0 Å². The lowest BCUT2D eigenvalue weighted by atomic mass is 10.1. The van der Waals surface area contributed by atoms with Crippen molar-refractivity contribution >= 4 is 29.1 Å². The van der Waals surface area contributed by atoms with E-state index in [1.165, 1.54) is 0 Å². The molecular weight excluding hydrogens is 399 g/mol. The number of piperidine rings is 1. The van der Waals surface area contributed by atoms with E-state index in [9.17, 15) is 4.79 Å². The summed E-state index contributed by atoms with van der Waals surface area (Å²) in [5.74, 6) is 1.22. The highest BCUT2D eigenvalue weighted by Gasteiger charge is 2.21. The minimum atomic E-state index is -0.115. The molecule has 3 rings (SSSR count). The van der Waals surface area contributed by atoms with Gasteiger partial charge in [0.05, 0.1) is 22.7 Å². The number of nitrogens with zero attached hydrogens (tertiary/aromatic N) is 1. The van der Waals surface area contributed by atoms with Gasteiger partial charge >= 0.3 is 0 Å². The first-order chi connectivity index (χ1) is 13.6. The van der Waals surface area contributed by atoms with Gasteiger partial charge in [-0.05, 0) is 37.1 Å². The van der Waals surface area contributed by atoms with Crippen LogP contribution in [0.15, 0.2) is 42.5 Å². The van der Waals surface area contributed by atoms with Crippen molar-refractivity contribution < 1.29 is 14.3 Å². The molecule has 0 atom stereocenters. The Morgan fingerprint density at radius 1 is 1.14 bits per heavy atom. The van der Waals surface area contributed by atoms with Crippen LogP contribution in [0.25, 0.3) is 0 Å². The smallest absolute Gasteiger partial charge is 0.255 e. The van der Waals surface area contributed by atoms with Gasteiger partial charge in [-0.1, -0.05) is 35.3 Å². The van der Waals surface area contributed by atoms with E-state index < -0.39 is 0 Å². The second-order valence-corrected chi connectivity index (χ2v) is 7.51. The number of carbonyl (C=O) groups excluding carboxylic acids is 1. The molecule has 2 aromatic rings. The van der Waals surface area contributed by atoms with Crippen LogP contribution in [-0.4, -0.2) is 50.2 Å². The highest BCUT2D eigenvalue weighted by molar-refractivity contribution is 6.42. The van der Waals surface area contributed by atoms with Gasteiger partial charge in [0.2, 0.25) is 0 Å². The second-order valence-electron chi connectivity index (χ2n) is 6.69. The van der Waals surface area contributed by atoms with Crippen LogP contribution in [0.1, 0.15) is 23.2 Å². The number of amides is 1. The Labute approximate surface area is 175 Å². The number of halogens is 2. The zero-order chi connectivity index (χ0) is 19.9. The standard InChI is InChI=1S/C21H24Cl2N2O3/c1-27-20-5-3-2-4-17(20)21(26)24-10-13-25-11-8-15(9-12-25)28-16-6-7-18(22)19(23)14-16/h2-7,14-15H,8-13H2,1H3,(H,24,26). The molecule has 0 aliphatic carbocycles. The van der Waals surface area contributed by atoms with Crippen LogP contribution in [0.5, 0.6) is 11.5 Å². The fourth-order valence-corrected chi connectivity index (χ4v) is 3.54. The topological polar surface area (TPSA) is 50.8 Å². The van der Waals surface area contributed by atoms with Crippen molar-refractivity contribution in [1.82, 2.24) is 10.2 Å². The molecule has 0 radical (unpaired) electrons.